The predicted octanol–water partition coefficient (Wildman–Crippen LogP) is 2.74. The van der Waals surface area contributed by atoms with Gasteiger partial charge in [-0.1, -0.05) is 15.9 Å². The van der Waals surface area contributed by atoms with E-state index >= 15 is 0 Å². The lowest BCUT2D eigenvalue weighted by molar-refractivity contribution is -0.384. The monoisotopic (exact) mass is 277 g/mol. The van der Waals surface area contributed by atoms with Crippen LogP contribution in [-0.4, -0.2) is 15.0 Å². The summed E-state index contributed by atoms with van der Waals surface area (Å²) in [4.78, 5) is 21.1. The number of carbonyl (C=O) groups is 1. The Morgan fingerprint density at radius 3 is 2.29 bits per heavy atom. The number of benzene rings is 1. The van der Waals surface area contributed by atoms with Crippen molar-refractivity contribution in [2.45, 2.75) is 4.29 Å². The molecule has 0 N–H and O–H groups in total. The maximum atomic E-state index is 11.3. The largest absolute Gasteiger partial charge is 0.292 e. The van der Waals surface area contributed by atoms with Crippen molar-refractivity contribution in [1.29, 1.82) is 0 Å². The Kier molecular flexibility index (Phi) is 3.60. The SMILES string of the molecule is O=C(c1ccc([N+](=O)[O-])cc1)C(Cl)Br. The smallest absolute Gasteiger partial charge is 0.269 e. The van der Waals surface area contributed by atoms with E-state index in [1.54, 1.807) is 0 Å². The molecule has 14 heavy (non-hydrogen) atoms. The number of nitro benzene ring substituents is 1. The Labute approximate surface area is 93.1 Å². The van der Waals surface area contributed by atoms with E-state index in [-0.39, 0.29) is 11.5 Å². The zero-order chi connectivity index (χ0) is 10.7. The normalized spacial score (nSPS) is 12.1. The van der Waals surface area contributed by atoms with Crippen LogP contribution in [0.5, 0.6) is 0 Å². The highest BCUT2D eigenvalue weighted by atomic mass is 79.9. The van der Waals surface area contributed by atoms with E-state index in [0.717, 1.165) is 0 Å². The van der Waals surface area contributed by atoms with Crippen molar-refractivity contribution in [3.63, 3.8) is 0 Å². The van der Waals surface area contributed by atoms with Crippen LogP contribution in [0.25, 0.3) is 0 Å². The summed E-state index contributed by atoms with van der Waals surface area (Å²) in [6, 6.07) is 5.27. The fraction of sp³-hybridized carbons (Fsp3) is 0.125. The lowest BCUT2D eigenvalue weighted by atomic mass is 10.1. The summed E-state index contributed by atoms with van der Waals surface area (Å²) in [5.41, 5.74) is 0.287. The van der Waals surface area contributed by atoms with E-state index in [9.17, 15) is 14.9 Å². The molecule has 0 amide bonds. The summed E-state index contributed by atoms with van der Waals surface area (Å²) >= 11 is 8.40. The van der Waals surface area contributed by atoms with Gasteiger partial charge in [-0.2, -0.15) is 0 Å². The Bertz CT molecular complexity index is 363. The molecule has 0 spiro atoms. The van der Waals surface area contributed by atoms with E-state index in [0.29, 0.717) is 5.56 Å². The van der Waals surface area contributed by atoms with E-state index in [2.05, 4.69) is 15.9 Å². The molecule has 74 valence electrons. The number of Topliss-reactive ketones (excluding diaryl/α,β-unsaturated/α-hetero) is 1. The average molecular weight is 278 g/mol. The van der Waals surface area contributed by atoms with Gasteiger partial charge in [0.25, 0.3) is 5.69 Å². The number of hydrogen-bond donors (Lipinski definition) is 0. The Morgan fingerprint density at radius 2 is 1.93 bits per heavy atom. The highest BCUT2D eigenvalue weighted by molar-refractivity contribution is 9.10. The lowest BCUT2D eigenvalue weighted by Crippen LogP contribution is -2.07. The number of ketones is 1. The molecule has 1 aromatic rings. The molecule has 0 bridgehead atoms. The van der Waals surface area contributed by atoms with E-state index < -0.39 is 9.21 Å². The molecule has 1 rings (SSSR count). The molecule has 4 nitrogen and oxygen atoms in total. The van der Waals surface area contributed by atoms with Crippen LogP contribution < -0.4 is 0 Å². The van der Waals surface area contributed by atoms with E-state index in [1.165, 1.54) is 24.3 Å². The zero-order valence-corrected chi connectivity index (χ0v) is 9.16. The fourth-order valence-electron chi connectivity index (χ4n) is 0.873. The van der Waals surface area contributed by atoms with E-state index in [4.69, 9.17) is 11.6 Å². The van der Waals surface area contributed by atoms with Gasteiger partial charge in [0.1, 0.15) is 0 Å². The second-order valence-electron chi connectivity index (χ2n) is 2.47. The summed E-state index contributed by atoms with van der Waals surface area (Å²) in [5.74, 6) is -0.318. The fourth-order valence-corrected chi connectivity index (χ4v) is 1.26. The van der Waals surface area contributed by atoms with Crippen molar-refractivity contribution in [3.8, 4) is 0 Å². The molecule has 0 aliphatic carbocycles. The van der Waals surface area contributed by atoms with Crippen molar-refractivity contribution >= 4 is 39.0 Å². The van der Waals surface area contributed by atoms with Crippen molar-refractivity contribution < 1.29 is 9.72 Å². The minimum absolute atomic E-state index is 0.0535. The number of halogens is 2. The van der Waals surface area contributed by atoms with Gasteiger partial charge in [0.2, 0.25) is 0 Å². The van der Waals surface area contributed by atoms with Gasteiger partial charge < -0.3 is 0 Å². The first kappa shape index (κ1) is 11.1. The summed E-state index contributed by atoms with van der Waals surface area (Å²) < 4.78 is -0.802. The van der Waals surface area contributed by atoms with Crippen molar-refractivity contribution in [1.82, 2.24) is 0 Å². The Balaban J connectivity index is 2.94. The highest BCUT2D eigenvalue weighted by Crippen LogP contribution is 2.17. The number of non-ortho nitro benzene ring substituents is 1. The molecule has 0 saturated carbocycles. The first-order valence-electron chi connectivity index (χ1n) is 3.59. The molecular formula is C8H5BrClNO3. The molecule has 0 radical (unpaired) electrons. The molecule has 1 unspecified atom stereocenters. The number of nitrogens with zero attached hydrogens (tertiary/aromatic N) is 1. The van der Waals surface area contributed by atoms with Gasteiger partial charge in [-0.3, -0.25) is 14.9 Å². The standard InChI is InChI=1S/C8H5BrClNO3/c9-8(10)7(12)5-1-3-6(4-2-5)11(13)14/h1-4,8H. The van der Waals surface area contributed by atoms with Crippen LogP contribution in [-0.2, 0) is 0 Å². The molecule has 0 heterocycles. The Morgan fingerprint density at radius 1 is 1.43 bits per heavy atom. The molecular weight excluding hydrogens is 273 g/mol. The first-order chi connectivity index (χ1) is 6.52. The molecule has 0 aromatic heterocycles. The van der Waals surface area contributed by atoms with Crippen molar-refractivity contribution in [2.24, 2.45) is 0 Å². The van der Waals surface area contributed by atoms with Gasteiger partial charge in [-0.25, -0.2) is 0 Å². The van der Waals surface area contributed by atoms with Crippen molar-refractivity contribution in [2.75, 3.05) is 0 Å². The maximum absolute atomic E-state index is 11.3. The number of rotatable bonds is 3. The molecule has 0 aliphatic rings. The van der Waals surface area contributed by atoms with Gasteiger partial charge in [-0.05, 0) is 12.1 Å². The zero-order valence-electron chi connectivity index (χ0n) is 6.81. The van der Waals surface area contributed by atoms with Crippen LogP contribution in [0.2, 0.25) is 0 Å². The van der Waals surface area contributed by atoms with Gasteiger partial charge >= 0.3 is 0 Å². The van der Waals surface area contributed by atoms with Gasteiger partial charge in [0, 0.05) is 17.7 Å². The summed E-state index contributed by atoms with van der Waals surface area (Å²) in [6.45, 7) is 0. The van der Waals surface area contributed by atoms with Gasteiger partial charge in [0.15, 0.2) is 10.1 Å². The quantitative estimate of drug-likeness (QED) is 0.370. The maximum Gasteiger partial charge on any atom is 0.269 e. The third-order valence-electron chi connectivity index (χ3n) is 1.56. The van der Waals surface area contributed by atoms with E-state index in [1.807, 2.05) is 0 Å². The molecule has 6 heteroatoms. The number of hydrogen-bond acceptors (Lipinski definition) is 3. The topological polar surface area (TPSA) is 60.2 Å². The molecule has 0 fully saturated rings. The van der Waals surface area contributed by atoms with Crippen LogP contribution >= 0.6 is 27.5 Å². The van der Waals surface area contributed by atoms with Crippen LogP contribution in [0.1, 0.15) is 10.4 Å². The van der Waals surface area contributed by atoms with Crippen LogP contribution in [0, 0.1) is 10.1 Å². The molecule has 0 saturated heterocycles. The lowest BCUT2D eigenvalue weighted by Gasteiger charge is -1.99. The number of nitro groups is 1. The average Bonchev–Trinajstić information content (AvgIpc) is 2.16. The van der Waals surface area contributed by atoms with Gasteiger partial charge in [-0.15, -0.1) is 11.6 Å². The van der Waals surface area contributed by atoms with Gasteiger partial charge in [0.05, 0.1) is 4.92 Å². The third-order valence-corrected chi connectivity index (χ3v) is 2.17. The molecule has 1 aromatic carbocycles. The van der Waals surface area contributed by atoms with Crippen molar-refractivity contribution in [3.05, 3.63) is 39.9 Å². The van der Waals surface area contributed by atoms with Crippen LogP contribution in [0.4, 0.5) is 5.69 Å². The third kappa shape index (κ3) is 2.52. The summed E-state index contributed by atoms with van der Waals surface area (Å²) in [5, 5.41) is 10.3. The minimum Gasteiger partial charge on any atom is -0.292 e. The second-order valence-corrected chi connectivity index (χ2v) is 4.35. The summed E-state index contributed by atoms with van der Waals surface area (Å²) in [7, 11) is 0. The predicted molar refractivity (Wildman–Crippen MR) is 56.0 cm³/mol. The number of alkyl halides is 2. The molecule has 0 aliphatic heterocycles. The highest BCUT2D eigenvalue weighted by Gasteiger charge is 2.14. The minimum atomic E-state index is -0.802. The van der Waals surface area contributed by atoms with Crippen LogP contribution in [0.15, 0.2) is 24.3 Å². The Hall–Kier alpha value is -0.940. The number of carbonyl (C=O) groups excluding carboxylic acids is 1. The van der Waals surface area contributed by atoms with Crippen LogP contribution in [0.3, 0.4) is 0 Å². The molecule has 1 atom stereocenters. The first-order valence-corrected chi connectivity index (χ1v) is 4.94. The summed E-state index contributed by atoms with van der Waals surface area (Å²) in [6.07, 6.45) is 0. The second kappa shape index (κ2) is 4.52.